The van der Waals surface area contributed by atoms with Gasteiger partial charge < -0.3 is 9.47 Å². The summed E-state index contributed by atoms with van der Waals surface area (Å²) in [7, 11) is 0. The molecule has 1 aliphatic rings. The third-order valence-electron chi connectivity index (χ3n) is 4.63. The quantitative estimate of drug-likeness (QED) is 0.318. The van der Waals surface area contributed by atoms with Crippen LogP contribution >= 0.6 is 23.4 Å². The van der Waals surface area contributed by atoms with Crippen molar-refractivity contribution in [1.29, 1.82) is 0 Å². The minimum Gasteiger partial charge on any atom is -0.486 e. The number of fused-ring (bicyclic) bond motifs is 2. The van der Waals surface area contributed by atoms with Crippen LogP contribution in [0.1, 0.15) is 24.2 Å². The SMILES string of the molecule is CC(C)Cn1c(SCC(=O)c2ccc3c(c2)OCCO3)nc2ccc(Cl)cc2c1=O. The van der Waals surface area contributed by atoms with Gasteiger partial charge in [-0.3, -0.25) is 14.2 Å². The van der Waals surface area contributed by atoms with Gasteiger partial charge in [0.1, 0.15) is 13.2 Å². The number of hydrogen-bond donors (Lipinski definition) is 0. The Bertz CT molecular complexity index is 1180. The van der Waals surface area contributed by atoms with Gasteiger partial charge in [0.15, 0.2) is 22.4 Å². The molecule has 1 aliphatic heterocycles. The maximum atomic E-state index is 13.0. The maximum Gasteiger partial charge on any atom is 0.262 e. The molecule has 0 saturated heterocycles. The Morgan fingerprint density at radius 3 is 2.70 bits per heavy atom. The van der Waals surface area contributed by atoms with Crippen LogP contribution in [0.4, 0.5) is 0 Å². The number of carbonyl (C=O) groups is 1. The van der Waals surface area contributed by atoms with Crippen molar-refractivity contribution in [2.75, 3.05) is 19.0 Å². The number of carbonyl (C=O) groups excluding carboxylic acids is 1. The number of ether oxygens (including phenoxy) is 2. The zero-order valence-corrected chi connectivity index (χ0v) is 18.3. The highest BCUT2D eigenvalue weighted by Crippen LogP contribution is 2.31. The lowest BCUT2D eigenvalue weighted by atomic mass is 10.1. The average Bonchev–Trinajstić information content (AvgIpc) is 2.74. The van der Waals surface area contributed by atoms with E-state index < -0.39 is 0 Å². The van der Waals surface area contributed by atoms with Gasteiger partial charge in [-0.2, -0.15) is 0 Å². The molecular formula is C22H21ClN2O4S. The predicted molar refractivity (Wildman–Crippen MR) is 118 cm³/mol. The Balaban J connectivity index is 1.62. The normalized spacial score (nSPS) is 13.1. The molecule has 1 aromatic heterocycles. The highest BCUT2D eigenvalue weighted by Gasteiger charge is 2.18. The maximum absolute atomic E-state index is 13.0. The van der Waals surface area contributed by atoms with Gasteiger partial charge in [-0.05, 0) is 42.3 Å². The summed E-state index contributed by atoms with van der Waals surface area (Å²) >= 11 is 7.32. The van der Waals surface area contributed by atoms with Crippen molar-refractivity contribution in [3.63, 3.8) is 0 Å². The van der Waals surface area contributed by atoms with E-state index in [1.165, 1.54) is 11.8 Å². The molecule has 0 atom stereocenters. The first-order valence-electron chi connectivity index (χ1n) is 9.68. The van der Waals surface area contributed by atoms with E-state index in [4.69, 9.17) is 21.1 Å². The number of benzene rings is 2. The number of ketones is 1. The van der Waals surface area contributed by atoms with Crippen molar-refractivity contribution in [1.82, 2.24) is 9.55 Å². The fourth-order valence-electron chi connectivity index (χ4n) is 3.24. The van der Waals surface area contributed by atoms with Gasteiger partial charge in [-0.15, -0.1) is 0 Å². The molecule has 0 N–H and O–H groups in total. The van der Waals surface area contributed by atoms with Gasteiger partial charge in [0, 0.05) is 17.1 Å². The molecule has 0 unspecified atom stereocenters. The van der Waals surface area contributed by atoms with Crippen molar-refractivity contribution in [3.05, 3.63) is 57.3 Å². The van der Waals surface area contributed by atoms with E-state index in [-0.39, 0.29) is 23.0 Å². The molecule has 4 rings (SSSR count). The number of Topliss-reactive ketones (excluding diaryl/α,β-unsaturated/α-hetero) is 1. The summed E-state index contributed by atoms with van der Waals surface area (Å²) in [5, 5.41) is 1.49. The summed E-state index contributed by atoms with van der Waals surface area (Å²) < 4.78 is 12.7. The molecule has 0 fully saturated rings. The number of halogens is 1. The summed E-state index contributed by atoms with van der Waals surface area (Å²) in [4.78, 5) is 30.5. The second-order valence-electron chi connectivity index (χ2n) is 7.44. The molecule has 6 nitrogen and oxygen atoms in total. The van der Waals surface area contributed by atoms with Crippen molar-refractivity contribution >= 4 is 40.0 Å². The summed E-state index contributed by atoms with van der Waals surface area (Å²) in [6.07, 6.45) is 0. The Labute approximate surface area is 183 Å². The zero-order valence-electron chi connectivity index (χ0n) is 16.7. The highest BCUT2D eigenvalue weighted by atomic mass is 35.5. The van der Waals surface area contributed by atoms with Gasteiger partial charge in [0.25, 0.3) is 5.56 Å². The van der Waals surface area contributed by atoms with Gasteiger partial charge >= 0.3 is 0 Å². The molecule has 3 aromatic rings. The monoisotopic (exact) mass is 444 g/mol. The van der Waals surface area contributed by atoms with E-state index >= 15 is 0 Å². The van der Waals surface area contributed by atoms with Crippen LogP contribution in [0, 0.1) is 5.92 Å². The summed E-state index contributed by atoms with van der Waals surface area (Å²) in [5.74, 6) is 1.55. The van der Waals surface area contributed by atoms with Crippen LogP contribution in [0.15, 0.2) is 46.3 Å². The first-order chi connectivity index (χ1) is 14.4. The molecule has 0 bridgehead atoms. The second kappa shape index (κ2) is 8.70. The zero-order chi connectivity index (χ0) is 21.3. The van der Waals surface area contributed by atoms with Crippen LogP contribution in [0.3, 0.4) is 0 Å². The summed E-state index contributed by atoms with van der Waals surface area (Å²) in [6, 6.07) is 10.3. The number of hydrogen-bond acceptors (Lipinski definition) is 6. The van der Waals surface area contributed by atoms with Gasteiger partial charge in [0.05, 0.1) is 16.7 Å². The molecule has 30 heavy (non-hydrogen) atoms. The van der Waals surface area contributed by atoms with E-state index in [9.17, 15) is 9.59 Å². The topological polar surface area (TPSA) is 70.4 Å². The lowest BCUT2D eigenvalue weighted by Gasteiger charge is -2.18. The Morgan fingerprint density at radius 2 is 1.93 bits per heavy atom. The van der Waals surface area contributed by atoms with Gasteiger partial charge in [-0.1, -0.05) is 37.2 Å². The van der Waals surface area contributed by atoms with Crippen LogP contribution in [0.25, 0.3) is 10.9 Å². The first kappa shape index (κ1) is 20.8. The molecule has 0 amide bonds. The van der Waals surface area contributed by atoms with Crippen molar-refractivity contribution < 1.29 is 14.3 Å². The van der Waals surface area contributed by atoms with Crippen molar-refractivity contribution in [2.45, 2.75) is 25.5 Å². The number of rotatable bonds is 6. The largest absolute Gasteiger partial charge is 0.486 e. The second-order valence-corrected chi connectivity index (χ2v) is 8.81. The molecule has 0 aliphatic carbocycles. The van der Waals surface area contributed by atoms with Gasteiger partial charge in [0.2, 0.25) is 0 Å². The van der Waals surface area contributed by atoms with E-state index in [1.807, 2.05) is 13.8 Å². The van der Waals surface area contributed by atoms with E-state index in [0.29, 0.717) is 57.9 Å². The minimum atomic E-state index is -0.148. The number of nitrogens with zero attached hydrogens (tertiary/aromatic N) is 2. The van der Waals surface area contributed by atoms with Crippen LogP contribution < -0.4 is 15.0 Å². The van der Waals surface area contributed by atoms with Crippen molar-refractivity contribution in [3.8, 4) is 11.5 Å². The third kappa shape index (κ3) is 4.32. The Morgan fingerprint density at radius 1 is 1.17 bits per heavy atom. The fourth-order valence-corrected chi connectivity index (χ4v) is 4.31. The van der Waals surface area contributed by atoms with Crippen LogP contribution in [0.2, 0.25) is 5.02 Å². The van der Waals surface area contributed by atoms with E-state index in [2.05, 4.69) is 4.98 Å². The van der Waals surface area contributed by atoms with E-state index in [1.54, 1.807) is 41.0 Å². The van der Waals surface area contributed by atoms with Crippen LogP contribution in [-0.4, -0.2) is 34.3 Å². The highest BCUT2D eigenvalue weighted by molar-refractivity contribution is 7.99. The fraction of sp³-hybridized carbons (Fsp3) is 0.318. The smallest absolute Gasteiger partial charge is 0.262 e. The lowest BCUT2D eigenvalue weighted by molar-refractivity contribution is 0.102. The molecular weight excluding hydrogens is 424 g/mol. The van der Waals surface area contributed by atoms with E-state index in [0.717, 1.165) is 0 Å². The average molecular weight is 445 g/mol. The minimum absolute atomic E-state index is 0.0708. The van der Waals surface area contributed by atoms with Gasteiger partial charge in [-0.25, -0.2) is 4.98 Å². The predicted octanol–water partition coefficient (Wildman–Crippen LogP) is 4.45. The Kier molecular flexibility index (Phi) is 6.01. The molecule has 0 saturated carbocycles. The summed E-state index contributed by atoms with van der Waals surface area (Å²) in [5.41, 5.74) is 0.959. The molecule has 2 aromatic carbocycles. The Hall–Kier alpha value is -2.51. The number of aromatic nitrogens is 2. The van der Waals surface area contributed by atoms with Crippen molar-refractivity contribution in [2.24, 2.45) is 5.92 Å². The first-order valence-corrected chi connectivity index (χ1v) is 11.0. The standard InChI is InChI=1S/C22H21ClN2O4S/c1-13(2)11-25-21(27)16-10-15(23)4-5-17(16)24-22(25)30-12-18(26)14-3-6-19-20(9-14)29-8-7-28-19/h3-6,9-10,13H,7-8,11-12H2,1-2H3. The summed E-state index contributed by atoms with van der Waals surface area (Å²) in [6.45, 7) is 5.54. The molecule has 0 radical (unpaired) electrons. The number of thioether (sulfide) groups is 1. The molecule has 156 valence electrons. The molecule has 0 spiro atoms. The molecule has 8 heteroatoms. The van der Waals surface area contributed by atoms with Crippen LogP contribution in [-0.2, 0) is 6.54 Å². The lowest BCUT2D eigenvalue weighted by Crippen LogP contribution is -2.25. The molecule has 2 heterocycles. The third-order valence-corrected chi connectivity index (χ3v) is 5.84. The van der Waals surface area contributed by atoms with Crippen LogP contribution in [0.5, 0.6) is 11.5 Å².